The normalized spacial score (nSPS) is 10.6. The summed E-state index contributed by atoms with van der Waals surface area (Å²) in [6.45, 7) is 3.57. The smallest absolute Gasteiger partial charge is 0.207 e. The number of aryl methyl sites for hydroxylation is 1. The van der Waals surface area contributed by atoms with Gasteiger partial charge in [-0.3, -0.25) is 9.55 Å². The number of imidazole rings is 1. The molecule has 1 N–H and O–H groups in total. The first kappa shape index (κ1) is 12.6. The number of pyridine rings is 1. The Morgan fingerprint density at radius 3 is 3.06 bits per heavy atom. The van der Waals surface area contributed by atoms with Crippen LogP contribution in [0, 0.1) is 6.92 Å². The Kier molecular flexibility index (Phi) is 4.30. The quantitative estimate of drug-likeness (QED) is 0.792. The van der Waals surface area contributed by atoms with Crippen LogP contribution in [0.15, 0.2) is 30.7 Å². The molecule has 0 aliphatic heterocycles. The summed E-state index contributed by atoms with van der Waals surface area (Å²) in [4.78, 5) is 8.59. The third-order valence-corrected chi connectivity index (χ3v) is 2.56. The molecule has 0 unspecified atom stereocenters. The molecule has 0 bridgehead atoms. The van der Waals surface area contributed by atoms with Crippen LogP contribution in [0.4, 0.5) is 5.95 Å². The van der Waals surface area contributed by atoms with Gasteiger partial charge in [0.2, 0.25) is 5.95 Å². The van der Waals surface area contributed by atoms with Gasteiger partial charge in [-0.1, -0.05) is 0 Å². The van der Waals surface area contributed by atoms with Crippen LogP contribution in [0.3, 0.4) is 0 Å². The first-order valence-electron chi connectivity index (χ1n) is 6.00. The number of aromatic nitrogens is 3. The molecule has 2 aromatic rings. The van der Waals surface area contributed by atoms with E-state index < -0.39 is 0 Å². The van der Waals surface area contributed by atoms with E-state index in [0.717, 1.165) is 36.9 Å². The van der Waals surface area contributed by atoms with Crippen molar-refractivity contribution >= 4 is 5.95 Å². The second kappa shape index (κ2) is 6.16. The van der Waals surface area contributed by atoms with Gasteiger partial charge in [0.25, 0.3) is 0 Å². The number of nitrogens with zero attached hydrogens (tertiary/aromatic N) is 3. The van der Waals surface area contributed by atoms with Crippen molar-refractivity contribution < 1.29 is 4.74 Å². The van der Waals surface area contributed by atoms with Crippen LogP contribution < -0.4 is 5.32 Å². The summed E-state index contributed by atoms with van der Waals surface area (Å²) in [6.07, 6.45) is 6.53. The predicted molar refractivity (Wildman–Crippen MR) is 71.1 cm³/mol. The molecule has 0 radical (unpaired) electrons. The summed E-state index contributed by atoms with van der Waals surface area (Å²) >= 11 is 0. The van der Waals surface area contributed by atoms with Gasteiger partial charge in [-0.2, -0.15) is 0 Å². The first-order valence-corrected chi connectivity index (χ1v) is 6.00. The number of hydrogen-bond donors (Lipinski definition) is 1. The van der Waals surface area contributed by atoms with E-state index in [9.17, 15) is 0 Å². The van der Waals surface area contributed by atoms with Gasteiger partial charge >= 0.3 is 0 Å². The van der Waals surface area contributed by atoms with E-state index in [0.29, 0.717) is 0 Å². The summed E-state index contributed by atoms with van der Waals surface area (Å²) in [7, 11) is 1.71. The molecule has 5 heteroatoms. The van der Waals surface area contributed by atoms with E-state index in [1.165, 1.54) is 0 Å². The van der Waals surface area contributed by atoms with Crippen molar-refractivity contribution in [1.82, 2.24) is 14.5 Å². The van der Waals surface area contributed by atoms with Gasteiger partial charge in [-0.25, -0.2) is 4.98 Å². The average molecular weight is 246 g/mol. The molecular formula is C13H18N4O. The molecule has 2 rings (SSSR count). The van der Waals surface area contributed by atoms with Crippen molar-refractivity contribution in [2.75, 3.05) is 25.6 Å². The molecule has 0 saturated carbocycles. The van der Waals surface area contributed by atoms with Gasteiger partial charge < -0.3 is 10.1 Å². The van der Waals surface area contributed by atoms with Crippen molar-refractivity contribution in [3.8, 4) is 5.69 Å². The second-order valence-electron chi connectivity index (χ2n) is 4.06. The van der Waals surface area contributed by atoms with Gasteiger partial charge in [-0.05, 0) is 25.5 Å². The SMILES string of the molecule is COCCCNc1nc(C)cn1-c1cccnc1. The standard InChI is InChI=1S/C13H18N4O/c1-11-10-17(12-5-3-6-14-9-12)13(16-11)15-7-4-8-18-2/h3,5-6,9-10H,4,7-8H2,1-2H3,(H,15,16). The Balaban J connectivity index is 2.11. The van der Waals surface area contributed by atoms with Gasteiger partial charge in [0, 0.05) is 32.7 Å². The summed E-state index contributed by atoms with van der Waals surface area (Å²) in [5.74, 6) is 0.844. The third-order valence-electron chi connectivity index (χ3n) is 2.56. The third kappa shape index (κ3) is 3.07. The Morgan fingerprint density at radius 1 is 1.44 bits per heavy atom. The van der Waals surface area contributed by atoms with E-state index in [2.05, 4.69) is 15.3 Å². The number of hydrogen-bond acceptors (Lipinski definition) is 4. The van der Waals surface area contributed by atoms with Crippen molar-refractivity contribution in [1.29, 1.82) is 0 Å². The molecule has 0 saturated heterocycles. The molecule has 0 atom stereocenters. The number of methoxy groups -OCH3 is 1. The average Bonchev–Trinajstić information content (AvgIpc) is 2.77. The summed E-state index contributed by atoms with van der Waals surface area (Å²) in [5.41, 5.74) is 1.99. The predicted octanol–water partition coefficient (Wildman–Crippen LogP) is 2.02. The zero-order chi connectivity index (χ0) is 12.8. The maximum atomic E-state index is 5.02. The van der Waals surface area contributed by atoms with Gasteiger partial charge in [0.05, 0.1) is 17.6 Å². The fourth-order valence-corrected chi connectivity index (χ4v) is 1.73. The molecule has 0 amide bonds. The highest BCUT2D eigenvalue weighted by Crippen LogP contribution is 2.15. The van der Waals surface area contributed by atoms with E-state index in [1.54, 1.807) is 13.3 Å². The topological polar surface area (TPSA) is 52.0 Å². The lowest BCUT2D eigenvalue weighted by molar-refractivity contribution is 0.197. The molecule has 96 valence electrons. The van der Waals surface area contributed by atoms with E-state index in [1.807, 2.05) is 36.0 Å². The Bertz CT molecular complexity index is 481. The van der Waals surface area contributed by atoms with E-state index >= 15 is 0 Å². The minimum atomic E-state index is 0.750. The minimum Gasteiger partial charge on any atom is -0.385 e. The molecule has 2 aromatic heterocycles. The lowest BCUT2D eigenvalue weighted by Gasteiger charge is -2.08. The number of nitrogens with one attached hydrogen (secondary N) is 1. The second-order valence-corrected chi connectivity index (χ2v) is 4.06. The van der Waals surface area contributed by atoms with Gasteiger partial charge in [0.1, 0.15) is 0 Å². The highest BCUT2D eigenvalue weighted by Gasteiger charge is 2.06. The maximum absolute atomic E-state index is 5.02. The molecular weight excluding hydrogens is 228 g/mol. The molecule has 0 spiro atoms. The van der Waals surface area contributed by atoms with Crippen LogP contribution in [-0.2, 0) is 4.74 Å². The Labute approximate surface area is 107 Å². The highest BCUT2D eigenvalue weighted by molar-refractivity contribution is 5.41. The van der Waals surface area contributed by atoms with E-state index in [4.69, 9.17) is 4.74 Å². The summed E-state index contributed by atoms with van der Waals surface area (Å²) in [6, 6.07) is 3.92. The van der Waals surface area contributed by atoms with Crippen LogP contribution in [0.5, 0.6) is 0 Å². The van der Waals surface area contributed by atoms with Crippen molar-refractivity contribution in [2.24, 2.45) is 0 Å². The minimum absolute atomic E-state index is 0.750. The lowest BCUT2D eigenvalue weighted by atomic mass is 10.4. The van der Waals surface area contributed by atoms with Gasteiger partial charge in [-0.15, -0.1) is 0 Å². The van der Waals surface area contributed by atoms with Crippen LogP contribution >= 0.6 is 0 Å². The number of ether oxygens (including phenoxy) is 1. The number of rotatable bonds is 6. The van der Waals surface area contributed by atoms with Crippen molar-refractivity contribution in [3.05, 3.63) is 36.4 Å². The summed E-state index contributed by atoms with van der Waals surface area (Å²) in [5, 5.41) is 3.31. The maximum Gasteiger partial charge on any atom is 0.207 e. The summed E-state index contributed by atoms with van der Waals surface area (Å²) < 4.78 is 7.03. The molecule has 5 nitrogen and oxygen atoms in total. The van der Waals surface area contributed by atoms with Crippen LogP contribution in [-0.4, -0.2) is 34.8 Å². The molecule has 0 aromatic carbocycles. The van der Waals surface area contributed by atoms with Crippen molar-refractivity contribution in [3.63, 3.8) is 0 Å². The van der Waals surface area contributed by atoms with E-state index in [-0.39, 0.29) is 0 Å². The zero-order valence-electron chi connectivity index (χ0n) is 10.8. The monoisotopic (exact) mass is 246 g/mol. The largest absolute Gasteiger partial charge is 0.385 e. The molecule has 2 heterocycles. The molecule has 0 aliphatic carbocycles. The highest BCUT2D eigenvalue weighted by atomic mass is 16.5. The fourth-order valence-electron chi connectivity index (χ4n) is 1.73. The van der Waals surface area contributed by atoms with Gasteiger partial charge in [0.15, 0.2) is 0 Å². The van der Waals surface area contributed by atoms with Crippen molar-refractivity contribution in [2.45, 2.75) is 13.3 Å². The zero-order valence-corrected chi connectivity index (χ0v) is 10.8. The molecule has 0 fully saturated rings. The lowest BCUT2D eigenvalue weighted by Crippen LogP contribution is -2.09. The molecule has 0 aliphatic rings. The Hall–Kier alpha value is -1.88. The van der Waals surface area contributed by atoms with Crippen LogP contribution in [0.1, 0.15) is 12.1 Å². The first-order chi connectivity index (χ1) is 8.81. The van der Waals surface area contributed by atoms with Crippen LogP contribution in [0.25, 0.3) is 5.69 Å². The number of anilines is 1. The van der Waals surface area contributed by atoms with Crippen LogP contribution in [0.2, 0.25) is 0 Å². The Morgan fingerprint density at radius 2 is 2.33 bits per heavy atom. The fraction of sp³-hybridized carbons (Fsp3) is 0.385. The molecule has 18 heavy (non-hydrogen) atoms.